The van der Waals surface area contributed by atoms with Crippen LogP contribution in [-0.4, -0.2) is 28.5 Å². The zero-order valence-electron chi connectivity index (χ0n) is 5.33. The summed E-state index contributed by atoms with van der Waals surface area (Å²) in [6, 6.07) is 0.0865. The minimum absolute atomic E-state index is 0.0865. The molecule has 1 saturated carbocycles. The van der Waals surface area contributed by atoms with Crippen LogP contribution in [0.5, 0.6) is 0 Å². The van der Waals surface area contributed by atoms with Crippen molar-refractivity contribution in [2.75, 3.05) is 0 Å². The summed E-state index contributed by atoms with van der Waals surface area (Å²) >= 11 is 0. The maximum Gasteiger partial charge on any atom is 0.0813 e. The SMILES string of the molecule is N[C@@H]1CC[C@@H](O)[C@@H](O)C1. The standard InChI is InChI=1S/C6H13NO2/c7-4-1-2-5(8)6(9)3-4/h4-6,8-9H,1-3,7H2/t4-,5-,6+/m1/s1. The Labute approximate surface area is 54.5 Å². The summed E-state index contributed by atoms with van der Waals surface area (Å²) in [5.41, 5.74) is 5.52. The number of hydrogen-bond acceptors (Lipinski definition) is 3. The molecule has 0 unspecified atom stereocenters. The third kappa shape index (κ3) is 1.64. The Balaban J connectivity index is 2.35. The lowest BCUT2D eigenvalue weighted by Crippen LogP contribution is -2.39. The maximum absolute atomic E-state index is 9.02. The maximum atomic E-state index is 9.02. The first kappa shape index (κ1) is 6.99. The second kappa shape index (κ2) is 2.64. The molecule has 0 aromatic carbocycles. The minimum atomic E-state index is -0.589. The largest absolute Gasteiger partial charge is 0.390 e. The van der Waals surface area contributed by atoms with Gasteiger partial charge in [0, 0.05) is 6.04 Å². The predicted octanol–water partition coefficient (Wildman–Crippen LogP) is -0.781. The van der Waals surface area contributed by atoms with Crippen LogP contribution in [0.4, 0.5) is 0 Å². The van der Waals surface area contributed by atoms with Crippen molar-refractivity contribution in [2.45, 2.75) is 37.5 Å². The Morgan fingerprint density at radius 1 is 1.11 bits per heavy atom. The molecular formula is C6H13NO2. The quantitative estimate of drug-likeness (QED) is 0.404. The molecule has 0 aromatic rings. The molecule has 0 amide bonds. The van der Waals surface area contributed by atoms with E-state index in [0.717, 1.165) is 6.42 Å². The van der Waals surface area contributed by atoms with Crippen LogP contribution in [0.1, 0.15) is 19.3 Å². The molecule has 1 aliphatic carbocycles. The normalized spacial score (nSPS) is 45.0. The van der Waals surface area contributed by atoms with Gasteiger partial charge in [0.2, 0.25) is 0 Å². The predicted molar refractivity (Wildman–Crippen MR) is 33.8 cm³/mol. The molecule has 0 spiro atoms. The van der Waals surface area contributed by atoms with Crippen molar-refractivity contribution < 1.29 is 10.2 Å². The molecule has 54 valence electrons. The molecule has 0 saturated heterocycles. The first-order chi connectivity index (χ1) is 4.20. The van der Waals surface area contributed by atoms with Crippen LogP contribution in [0.15, 0.2) is 0 Å². The molecular weight excluding hydrogens is 118 g/mol. The third-order valence-electron chi connectivity index (χ3n) is 1.82. The molecule has 4 N–H and O–H groups in total. The molecule has 3 heteroatoms. The van der Waals surface area contributed by atoms with Crippen LogP contribution in [0, 0.1) is 0 Å². The topological polar surface area (TPSA) is 66.5 Å². The van der Waals surface area contributed by atoms with Gasteiger partial charge in [-0.15, -0.1) is 0 Å². The fraction of sp³-hybridized carbons (Fsp3) is 1.00. The highest BCUT2D eigenvalue weighted by molar-refractivity contribution is 4.80. The van der Waals surface area contributed by atoms with Crippen LogP contribution in [0.3, 0.4) is 0 Å². The van der Waals surface area contributed by atoms with Gasteiger partial charge in [-0.25, -0.2) is 0 Å². The van der Waals surface area contributed by atoms with Gasteiger partial charge in [-0.05, 0) is 19.3 Å². The average molecular weight is 131 g/mol. The summed E-state index contributed by atoms with van der Waals surface area (Å²) < 4.78 is 0. The van der Waals surface area contributed by atoms with E-state index in [2.05, 4.69) is 0 Å². The minimum Gasteiger partial charge on any atom is -0.390 e. The number of nitrogens with two attached hydrogens (primary N) is 1. The van der Waals surface area contributed by atoms with Crippen molar-refractivity contribution in [3.63, 3.8) is 0 Å². The first-order valence-electron chi connectivity index (χ1n) is 3.32. The molecule has 0 aliphatic heterocycles. The van der Waals surface area contributed by atoms with E-state index < -0.39 is 12.2 Å². The Bertz CT molecular complexity index is 97.1. The van der Waals surface area contributed by atoms with Crippen molar-refractivity contribution in [2.24, 2.45) is 5.73 Å². The smallest absolute Gasteiger partial charge is 0.0813 e. The first-order valence-corrected chi connectivity index (χ1v) is 3.32. The lowest BCUT2D eigenvalue weighted by Gasteiger charge is -2.27. The van der Waals surface area contributed by atoms with Gasteiger partial charge in [-0.2, -0.15) is 0 Å². The second-order valence-corrected chi connectivity index (χ2v) is 2.71. The van der Waals surface area contributed by atoms with Crippen molar-refractivity contribution in [1.29, 1.82) is 0 Å². The molecule has 0 aromatic heterocycles. The van der Waals surface area contributed by atoms with Crippen LogP contribution in [0.2, 0.25) is 0 Å². The van der Waals surface area contributed by atoms with Gasteiger partial charge in [0.15, 0.2) is 0 Å². The number of aliphatic hydroxyl groups excluding tert-OH is 2. The van der Waals surface area contributed by atoms with Crippen LogP contribution >= 0.6 is 0 Å². The summed E-state index contributed by atoms with van der Waals surface area (Å²) in [7, 11) is 0. The van der Waals surface area contributed by atoms with E-state index in [1.54, 1.807) is 0 Å². The molecule has 1 rings (SSSR count). The van der Waals surface area contributed by atoms with Gasteiger partial charge >= 0.3 is 0 Å². The van der Waals surface area contributed by atoms with Gasteiger partial charge in [-0.1, -0.05) is 0 Å². The van der Waals surface area contributed by atoms with E-state index in [0.29, 0.717) is 12.8 Å². The molecule has 1 fully saturated rings. The summed E-state index contributed by atoms with van der Waals surface area (Å²) in [6.07, 6.45) is 0.889. The summed E-state index contributed by atoms with van der Waals surface area (Å²) in [4.78, 5) is 0. The van der Waals surface area contributed by atoms with Crippen molar-refractivity contribution in [1.82, 2.24) is 0 Å². The number of hydrogen-bond donors (Lipinski definition) is 3. The lowest BCUT2D eigenvalue weighted by atomic mass is 9.91. The lowest BCUT2D eigenvalue weighted by molar-refractivity contribution is -0.0140. The van der Waals surface area contributed by atoms with Gasteiger partial charge in [0.25, 0.3) is 0 Å². The monoisotopic (exact) mass is 131 g/mol. The molecule has 0 heterocycles. The Kier molecular flexibility index (Phi) is 2.05. The second-order valence-electron chi connectivity index (χ2n) is 2.71. The number of rotatable bonds is 0. The molecule has 3 atom stereocenters. The Morgan fingerprint density at radius 2 is 1.78 bits per heavy atom. The fourth-order valence-electron chi connectivity index (χ4n) is 1.16. The van der Waals surface area contributed by atoms with Gasteiger partial charge in [-0.3, -0.25) is 0 Å². The van der Waals surface area contributed by atoms with Crippen molar-refractivity contribution >= 4 is 0 Å². The zero-order chi connectivity index (χ0) is 6.85. The zero-order valence-corrected chi connectivity index (χ0v) is 5.33. The highest BCUT2D eigenvalue weighted by Crippen LogP contribution is 2.16. The summed E-state index contributed by atoms with van der Waals surface area (Å²) in [6.45, 7) is 0. The van der Waals surface area contributed by atoms with E-state index >= 15 is 0 Å². The molecule has 9 heavy (non-hydrogen) atoms. The van der Waals surface area contributed by atoms with E-state index in [1.165, 1.54) is 0 Å². The molecule has 0 bridgehead atoms. The summed E-state index contributed by atoms with van der Waals surface area (Å²) in [5, 5.41) is 18.0. The van der Waals surface area contributed by atoms with Gasteiger partial charge in [0.05, 0.1) is 12.2 Å². The van der Waals surface area contributed by atoms with E-state index in [-0.39, 0.29) is 6.04 Å². The van der Waals surface area contributed by atoms with Crippen molar-refractivity contribution in [3.05, 3.63) is 0 Å². The van der Waals surface area contributed by atoms with Crippen molar-refractivity contribution in [3.8, 4) is 0 Å². The molecule has 1 aliphatic rings. The third-order valence-corrected chi connectivity index (χ3v) is 1.82. The van der Waals surface area contributed by atoms with E-state index in [9.17, 15) is 0 Å². The fourth-order valence-corrected chi connectivity index (χ4v) is 1.16. The van der Waals surface area contributed by atoms with Gasteiger partial charge < -0.3 is 15.9 Å². The van der Waals surface area contributed by atoms with E-state index in [4.69, 9.17) is 15.9 Å². The molecule has 0 radical (unpaired) electrons. The highest BCUT2D eigenvalue weighted by Gasteiger charge is 2.24. The summed E-state index contributed by atoms with van der Waals surface area (Å²) in [5.74, 6) is 0. The van der Waals surface area contributed by atoms with Crippen LogP contribution < -0.4 is 5.73 Å². The number of aliphatic hydroxyl groups is 2. The molecule has 3 nitrogen and oxygen atoms in total. The Hall–Kier alpha value is -0.120. The van der Waals surface area contributed by atoms with Gasteiger partial charge in [0.1, 0.15) is 0 Å². The highest BCUT2D eigenvalue weighted by atomic mass is 16.3. The van der Waals surface area contributed by atoms with Crippen LogP contribution in [-0.2, 0) is 0 Å². The van der Waals surface area contributed by atoms with Crippen LogP contribution in [0.25, 0.3) is 0 Å². The Morgan fingerprint density at radius 3 is 2.22 bits per heavy atom. The van der Waals surface area contributed by atoms with E-state index in [1.807, 2.05) is 0 Å². The average Bonchev–Trinajstić information content (AvgIpc) is 1.80.